The second kappa shape index (κ2) is 7.13. The number of rotatable bonds is 4. The smallest absolute Gasteiger partial charge is 0.317 e. The van der Waals surface area contributed by atoms with Gasteiger partial charge in [-0.15, -0.1) is 0 Å². The molecular formula is C16H18N2O2S. The SMILES string of the molecule is CCOC(=O)[C@@H]1C(C)=NC(=S)N[C@@H]1/C=C/c1ccccc1. The van der Waals surface area contributed by atoms with Gasteiger partial charge < -0.3 is 10.1 Å². The number of hydrogen-bond acceptors (Lipinski definition) is 3. The minimum absolute atomic E-state index is 0.241. The number of benzene rings is 1. The van der Waals surface area contributed by atoms with E-state index in [9.17, 15) is 4.79 Å². The zero-order valence-electron chi connectivity index (χ0n) is 12.1. The molecule has 0 radical (unpaired) electrons. The fraction of sp³-hybridized carbons (Fsp3) is 0.312. The molecule has 0 fully saturated rings. The average molecular weight is 302 g/mol. The maximum Gasteiger partial charge on any atom is 0.317 e. The molecule has 0 aromatic heterocycles. The highest BCUT2D eigenvalue weighted by Gasteiger charge is 2.34. The number of esters is 1. The molecule has 0 unspecified atom stereocenters. The summed E-state index contributed by atoms with van der Waals surface area (Å²) in [6.45, 7) is 3.94. The topological polar surface area (TPSA) is 50.7 Å². The normalized spacial score (nSPS) is 21.8. The molecule has 5 heteroatoms. The first-order valence-electron chi connectivity index (χ1n) is 6.87. The Morgan fingerprint density at radius 3 is 2.81 bits per heavy atom. The second-order valence-electron chi connectivity index (χ2n) is 4.73. The summed E-state index contributed by atoms with van der Waals surface area (Å²) in [6.07, 6.45) is 3.90. The molecule has 4 nitrogen and oxygen atoms in total. The van der Waals surface area contributed by atoms with E-state index in [2.05, 4.69) is 10.3 Å². The van der Waals surface area contributed by atoms with Crippen LogP contribution in [0.15, 0.2) is 41.4 Å². The van der Waals surface area contributed by atoms with Gasteiger partial charge in [-0.05, 0) is 31.6 Å². The molecule has 110 valence electrons. The molecule has 1 N–H and O–H groups in total. The van der Waals surface area contributed by atoms with Crippen LogP contribution in [-0.4, -0.2) is 29.4 Å². The molecule has 1 aromatic carbocycles. The first-order chi connectivity index (χ1) is 10.1. The zero-order valence-corrected chi connectivity index (χ0v) is 12.9. The number of aliphatic imine (C=N–C) groups is 1. The highest BCUT2D eigenvalue weighted by Crippen LogP contribution is 2.17. The molecule has 2 rings (SSSR count). The lowest BCUT2D eigenvalue weighted by atomic mass is 9.93. The third kappa shape index (κ3) is 3.98. The highest BCUT2D eigenvalue weighted by molar-refractivity contribution is 7.80. The second-order valence-corrected chi connectivity index (χ2v) is 5.11. The Morgan fingerprint density at radius 2 is 2.14 bits per heavy atom. The van der Waals surface area contributed by atoms with Crippen LogP contribution in [0.1, 0.15) is 19.4 Å². The third-order valence-electron chi connectivity index (χ3n) is 3.21. The monoisotopic (exact) mass is 302 g/mol. The summed E-state index contributed by atoms with van der Waals surface area (Å²) in [4.78, 5) is 16.3. The van der Waals surface area contributed by atoms with Crippen molar-refractivity contribution in [3.05, 3.63) is 42.0 Å². The minimum atomic E-state index is -0.448. The quantitative estimate of drug-likeness (QED) is 0.686. The molecule has 1 aliphatic rings. The van der Waals surface area contributed by atoms with E-state index >= 15 is 0 Å². The van der Waals surface area contributed by atoms with E-state index in [0.29, 0.717) is 17.4 Å². The van der Waals surface area contributed by atoms with Crippen molar-refractivity contribution in [1.82, 2.24) is 5.32 Å². The van der Waals surface area contributed by atoms with Crippen molar-refractivity contribution in [3.63, 3.8) is 0 Å². The van der Waals surface area contributed by atoms with Gasteiger partial charge in [-0.2, -0.15) is 0 Å². The van der Waals surface area contributed by atoms with Crippen molar-refractivity contribution in [2.75, 3.05) is 6.61 Å². The van der Waals surface area contributed by atoms with Crippen molar-refractivity contribution in [2.45, 2.75) is 19.9 Å². The van der Waals surface area contributed by atoms with Crippen LogP contribution in [0, 0.1) is 5.92 Å². The fourth-order valence-corrected chi connectivity index (χ4v) is 2.52. The predicted octanol–water partition coefficient (Wildman–Crippen LogP) is 2.60. The van der Waals surface area contributed by atoms with Gasteiger partial charge >= 0.3 is 5.97 Å². The molecule has 0 bridgehead atoms. The van der Waals surface area contributed by atoms with Crippen molar-refractivity contribution >= 4 is 35.1 Å². The van der Waals surface area contributed by atoms with Crippen LogP contribution in [0.5, 0.6) is 0 Å². The Hall–Kier alpha value is -2.01. The predicted molar refractivity (Wildman–Crippen MR) is 88.2 cm³/mol. The van der Waals surface area contributed by atoms with Gasteiger partial charge in [0.15, 0.2) is 5.11 Å². The maximum atomic E-state index is 12.1. The van der Waals surface area contributed by atoms with Gasteiger partial charge in [0.25, 0.3) is 0 Å². The summed E-state index contributed by atoms with van der Waals surface area (Å²) in [6, 6.07) is 9.65. The van der Waals surface area contributed by atoms with E-state index in [-0.39, 0.29) is 12.0 Å². The molecular weight excluding hydrogens is 284 g/mol. The van der Waals surface area contributed by atoms with E-state index < -0.39 is 5.92 Å². The summed E-state index contributed by atoms with van der Waals surface area (Å²) in [5.74, 6) is -0.729. The Labute approximate surface area is 129 Å². The molecule has 0 amide bonds. The van der Waals surface area contributed by atoms with Crippen LogP contribution in [-0.2, 0) is 9.53 Å². The summed E-state index contributed by atoms with van der Waals surface area (Å²) in [5, 5.41) is 3.46. The van der Waals surface area contributed by atoms with Gasteiger partial charge in [-0.3, -0.25) is 4.79 Å². The van der Waals surface area contributed by atoms with Gasteiger partial charge in [0, 0.05) is 5.71 Å². The molecule has 0 aliphatic carbocycles. The summed E-state index contributed by atoms with van der Waals surface area (Å²) in [5.41, 5.74) is 1.74. The van der Waals surface area contributed by atoms with Crippen molar-refractivity contribution in [3.8, 4) is 0 Å². The lowest BCUT2D eigenvalue weighted by Gasteiger charge is -2.28. The molecule has 1 aromatic rings. The zero-order chi connectivity index (χ0) is 15.2. The number of ether oxygens (including phenoxy) is 1. The maximum absolute atomic E-state index is 12.1. The molecule has 0 spiro atoms. The largest absolute Gasteiger partial charge is 0.465 e. The highest BCUT2D eigenvalue weighted by atomic mass is 32.1. The van der Waals surface area contributed by atoms with Gasteiger partial charge in [-0.25, -0.2) is 4.99 Å². The van der Waals surface area contributed by atoms with Crippen molar-refractivity contribution in [2.24, 2.45) is 10.9 Å². The van der Waals surface area contributed by atoms with Gasteiger partial charge in [0.2, 0.25) is 0 Å². The fourth-order valence-electron chi connectivity index (χ4n) is 2.24. The number of nitrogens with zero attached hydrogens (tertiary/aromatic N) is 1. The lowest BCUT2D eigenvalue weighted by Crippen LogP contribution is -2.48. The number of carbonyl (C=O) groups excluding carboxylic acids is 1. The van der Waals surface area contributed by atoms with Crippen LogP contribution in [0.3, 0.4) is 0 Å². The standard InChI is InChI=1S/C16H18N2O2S/c1-3-20-15(19)14-11(2)17-16(21)18-13(14)10-9-12-7-5-4-6-8-12/h4-10,13-14H,3H2,1-2H3,(H,18,21)/b10-9+/t13-,14-/m1/s1. The van der Waals surface area contributed by atoms with Crippen LogP contribution < -0.4 is 5.32 Å². The molecule has 0 saturated heterocycles. The summed E-state index contributed by atoms with van der Waals surface area (Å²) in [7, 11) is 0. The van der Waals surface area contributed by atoms with Gasteiger partial charge in [-0.1, -0.05) is 42.5 Å². The Kier molecular flexibility index (Phi) is 5.22. The Morgan fingerprint density at radius 1 is 1.43 bits per heavy atom. The molecule has 2 atom stereocenters. The van der Waals surface area contributed by atoms with Crippen LogP contribution >= 0.6 is 12.2 Å². The Balaban J connectivity index is 2.22. The molecule has 1 heterocycles. The number of nitrogens with one attached hydrogen (secondary N) is 1. The van der Waals surface area contributed by atoms with E-state index in [1.807, 2.05) is 42.5 Å². The summed E-state index contributed by atoms with van der Waals surface area (Å²) >= 11 is 5.11. The summed E-state index contributed by atoms with van der Waals surface area (Å²) < 4.78 is 5.13. The lowest BCUT2D eigenvalue weighted by molar-refractivity contribution is -0.145. The van der Waals surface area contributed by atoms with Gasteiger partial charge in [0.1, 0.15) is 5.92 Å². The molecule has 0 saturated carbocycles. The van der Waals surface area contributed by atoms with E-state index in [1.54, 1.807) is 13.8 Å². The molecule has 21 heavy (non-hydrogen) atoms. The average Bonchev–Trinajstić information content (AvgIpc) is 2.45. The van der Waals surface area contributed by atoms with E-state index in [0.717, 1.165) is 5.56 Å². The van der Waals surface area contributed by atoms with Gasteiger partial charge in [0.05, 0.1) is 12.6 Å². The number of hydrogen-bond donors (Lipinski definition) is 1. The molecule has 1 aliphatic heterocycles. The Bertz CT molecular complexity index is 581. The van der Waals surface area contributed by atoms with E-state index in [1.165, 1.54) is 0 Å². The van der Waals surface area contributed by atoms with Crippen molar-refractivity contribution < 1.29 is 9.53 Å². The van der Waals surface area contributed by atoms with Crippen LogP contribution in [0.2, 0.25) is 0 Å². The third-order valence-corrected chi connectivity index (χ3v) is 3.42. The first-order valence-corrected chi connectivity index (χ1v) is 7.28. The van der Waals surface area contributed by atoms with E-state index in [4.69, 9.17) is 17.0 Å². The minimum Gasteiger partial charge on any atom is -0.465 e. The number of thiocarbonyl (C=S) groups is 1. The van der Waals surface area contributed by atoms with Crippen molar-refractivity contribution in [1.29, 1.82) is 0 Å². The van der Waals surface area contributed by atoms with Crippen LogP contribution in [0.25, 0.3) is 6.08 Å². The number of carbonyl (C=O) groups is 1. The first kappa shape index (κ1) is 15.4. The van der Waals surface area contributed by atoms with Crippen LogP contribution in [0.4, 0.5) is 0 Å².